The molecule has 0 aliphatic heterocycles. The summed E-state index contributed by atoms with van der Waals surface area (Å²) in [5.41, 5.74) is 1.40. The van der Waals surface area contributed by atoms with E-state index in [-0.39, 0.29) is 5.82 Å². The van der Waals surface area contributed by atoms with Crippen LogP contribution in [0.4, 0.5) is 4.39 Å². The van der Waals surface area contributed by atoms with Crippen LogP contribution in [0.25, 0.3) is 0 Å². The molecule has 3 heteroatoms. The minimum absolute atomic E-state index is 0.236. The molecular formula is C9H10FNO. The summed E-state index contributed by atoms with van der Waals surface area (Å²) >= 11 is 0. The lowest BCUT2D eigenvalue weighted by molar-refractivity contribution is -0.109. The molecule has 0 saturated carbocycles. The van der Waals surface area contributed by atoms with Gasteiger partial charge >= 0.3 is 0 Å². The molecule has 0 aliphatic rings. The topological polar surface area (TPSA) is 29.1 Å². The van der Waals surface area contributed by atoms with Gasteiger partial charge in [0.05, 0.1) is 0 Å². The Bertz CT molecular complexity index is 286. The zero-order chi connectivity index (χ0) is 8.97. The van der Waals surface area contributed by atoms with Gasteiger partial charge in [-0.2, -0.15) is 0 Å². The van der Waals surface area contributed by atoms with Gasteiger partial charge < -0.3 is 5.32 Å². The zero-order valence-electron chi connectivity index (χ0n) is 6.80. The Balaban J connectivity index is 2.84. The largest absolute Gasteiger partial charge is 0.355 e. The maximum absolute atomic E-state index is 12.9. The molecule has 0 aromatic heterocycles. The Morgan fingerprint density at radius 1 is 1.58 bits per heavy atom. The highest BCUT2D eigenvalue weighted by Gasteiger charge is 2.01. The quantitative estimate of drug-likeness (QED) is 0.677. The minimum atomic E-state index is -0.236. The molecule has 1 N–H and O–H groups in total. The third-order valence-corrected chi connectivity index (χ3v) is 1.76. The number of hydrogen-bond donors (Lipinski definition) is 1. The molecule has 0 aliphatic carbocycles. The van der Waals surface area contributed by atoms with Gasteiger partial charge in [-0.15, -0.1) is 0 Å². The highest BCUT2D eigenvalue weighted by molar-refractivity contribution is 5.46. The molecule has 1 rings (SSSR count). The van der Waals surface area contributed by atoms with E-state index in [2.05, 4.69) is 5.32 Å². The van der Waals surface area contributed by atoms with E-state index in [1.807, 2.05) is 0 Å². The molecule has 1 amide bonds. The standard InChI is InChI=1S/C9H10FNO/c1-7-8(5-11-6-12)3-2-4-9(7)10/h2-4,6H,5H2,1H3,(H,11,12). The molecule has 64 valence electrons. The molecule has 0 unspecified atom stereocenters. The Labute approximate surface area is 70.4 Å². The minimum Gasteiger partial charge on any atom is -0.355 e. The van der Waals surface area contributed by atoms with Gasteiger partial charge in [-0.1, -0.05) is 12.1 Å². The molecule has 1 aromatic rings. The van der Waals surface area contributed by atoms with Crippen LogP contribution in [0.3, 0.4) is 0 Å². The summed E-state index contributed by atoms with van der Waals surface area (Å²) in [7, 11) is 0. The van der Waals surface area contributed by atoms with Crippen molar-refractivity contribution in [3.05, 3.63) is 35.1 Å². The van der Waals surface area contributed by atoms with Crippen molar-refractivity contribution in [2.45, 2.75) is 13.5 Å². The number of benzene rings is 1. The van der Waals surface area contributed by atoms with Crippen LogP contribution in [-0.2, 0) is 11.3 Å². The number of nitrogens with one attached hydrogen (secondary N) is 1. The number of carbonyl (C=O) groups is 1. The van der Waals surface area contributed by atoms with E-state index in [0.29, 0.717) is 18.5 Å². The monoisotopic (exact) mass is 167 g/mol. The van der Waals surface area contributed by atoms with Gasteiger partial charge in [0.1, 0.15) is 5.82 Å². The van der Waals surface area contributed by atoms with Crippen LogP contribution in [0.15, 0.2) is 18.2 Å². The van der Waals surface area contributed by atoms with Crippen LogP contribution >= 0.6 is 0 Å². The van der Waals surface area contributed by atoms with Crippen LogP contribution in [0.1, 0.15) is 11.1 Å². The summed E-state index contributed by atoms with van der Waals surface area (Å²) in [5, 5.41) is 2.49. The average Bonchev–Trinajstić information content (AvgIpc) is 2.08. The first kappa shape index (κ1) is 8.71. The van der Waals surface area contributed by atoms with Crippen molar-refractivity contribution < 1.29 is 9.18 Å². The van der Waals surface area contributed by atoms with Gasteiger partial charge in [-0.25, -0.2) is 4.39 Å². The van der Waals surface area contributed by atoms with Crippen LogP contribution in [-0.4, -0.2) is 6.41 Å². The van der Waals surface area contributed by atoms with E-state index in [1.54, 1.807) is 19.1 Å². The van der Waals surface area contributed by atoms with Crippen LogP contribution in [0.2, 0.25) is 0 Å². The fraction of sp³-hybridized carbons (Fsp3) is 0.222. The molecule has 0 radical (unpaired) electrons. The highest BCUT2D eigenvalue weighted by Crippen LogP contribution is 2.11. The van der Waals surface area contributed by atoms with Gasteiger partial charge in [0.15, 0.2) is 0 Å². The first-order valence-corrected chi connectivity index (χ1v) is 3.66. The Morgan fingerprint density at radius 3 is 3.00 bits per heavy atom. The lowest BCUT2D eigenvalue weighted by Crippen LogP contribution is -2.11. The summed E-state index contributed by atoms with van der Waals surface area (Å²) < 4.78 is 12.9. The molecular weight excluding hydrogens is 157 g/mol. The maximum Gasteiger partial charge on any atom is 0.207 e. The second-order valence-corrected chi connectivity index (χ2v) is 2.52. The van der Waals surface area contributed by atoms with Crippen molar-refractivity contribution in [1.29, 1.82) is 0 Å². The highest BCUT2D eigenvalue weighted by atomic mass is 19.1. The average molecular weight is 167 g/mol. The molecule has 2 nitrogen and oxygen atoms in total. The molecule has 0 spiro atoms. The normalized spacial score (nSPS) is 9.50. The van der Waals surface area contributed by atoms with Gasteiger partial charge in [0.25, 0.3) is 0 Å². The van der Waals surface area contributed by atoms with Crippen molar-refractivity contribution in [2.75, 3.05) is 0 Å². The number of halogens is 1. The Kier molecular flexibility index (Phi) is 2.80. The van der Waals surface area contributed by atoms with Crippen molar-refractivity contribution in [2.24, 2.45) is 0 Å². The van der Waals surface area contributed by atoms with Crippen molar-refractivity contribution >= 4 is 6.41 Å². The van der Waals surface area contributed by atoms with Crippen molar-refractivity contribution in [3.63, 3.8) is 0 Å². The summed E-state index contributed by atoms with van der Waals surface area (Å²) in [4.78, 5) is 9.97. The van der Waals surface area contributed by atoms with Crippen molar-refractivity contribution in [3.8, 4) is 0 Å². The second-order valence-electron chi connectivity index (χ2n) is 2.52. The summed E-state index contributed by atoms with van der Waals surface area (Å²) in [5.74, 6) is -0.236. The molecule has 0 heterocycles. The van der Waals surface area contributed by atoms with E-state index >= 15 is 0 Å². The van der Waals surface area contributed by atoms with E-state index in [4.69, 9.17) is 0 Å². The SMILES string of the molecule is Cc1c(F)cccc1CNC=O. The molecule has 1 aromatic carbocycles. The molecule has 0 atom stereocenters. The zero-order valence-corrected chi connectivity index (χ0v) is 6.80. The van der Waals surface area contributed by atoms with E-state index < -0.39 is 0 Å². The summed E-state index contributed by atoms with van der Waals surface area (Å²) in [6.07, 6.45) is 0.602. The van der Waals surface area contributed by atoms with E-state index in [0.717, 1.165) is 5.56 Å². The predicted molar refractivity (Wildman–Crippen MR) is 44.0 cm³/mol. The predicted octanol–water partition coefficient (Wildman–Crippen LogP) is 1.38. The second kappa shape index (κ2) is 3.85. The maximum atomic E-state index is 12.9. The summed E-state index contributed by atoms with van der Waals surface area (Å²) in [6.45, 7) is 2.07. The summed E-state index contributed by atoms with van der Waals surface area (Å²) in [6, 6.07) is 4.82. The lowest BCUT2D eigenvalue weighted by Gasteiger charge is -2.04. The Hall–Kier alpha value is -1.38. The number of rotatable bonds is 3. The molecule has 12 heavy (non-hydrogen) atoms. The fourth-order valence-electron chi connectivity index (χ4n) is 0.995. The van der Waals surface area contributed by atoms with Gasteiger partial charge in [0, 0.05) is 6.54 Å². The number of amides is 1. The third kappa shape index (κ3) is 1.81. The van der Waals surface area contributed by atoms with Gasteiger partial charge in [-0.05, 0) is 24.1 Å². The van der Waals surface area contributed by atoms with Crippen LogP contribution in [0, 0.1) is 12.7 Å². The third-order valence-electron chi connectivity index (χ3n) is 1.76. The van der Waals surface area contributed by atoms with E-state index in [9.17, 15) is 9.18 Å². The first-order chi connectivity index (χ1) is 5.75. The molecule has 0 fully saturated rings. The molecule has 0 saturated heterocycles. The number of carbonyl (C=O) groups excluding carboxylic acids is 1. The van der Waals surface area contributed by atoms with Gasteiger partial charge in [0.2, 0.25) is 6.41 Å². The van der Waals surface area contributed by atoms with E-state index in [1.165, 1.54) is 6.07 Å². The van der Waals surface area contributed by atoms with Gasteiger partial charge in [-0.3, -0.25) is 4.79 Å². The van der Waals surface area contributed by atoms with Crippen LogP contribution < -0.4 is 5.32 Å². The lowest BCUT2D eigenvalue weighted by atomic mass is 10.1. The van der Waals surface area contributed by atoms with Crippen molar-refractivity contribution in [1.82, 2.24) is 5.32 Å². The fourth-order valence-corrected chi connectivity index (χ4v) is 0.995. The number of hydrogen-bond acceptors (Lipinski definition) is 1. The smallest absolute Gasteiger partial charge is 0.207 e. The Morgan fingerprint density at radius 2 is 2.33 bits per heavy atom. The first-order valence-electron chi connectivity index (χ1n) is 3.66. The molecule has 0 bridgehead atoms. The van der Waals surface area contributed by atoms with Crippen LogP contribution in [0.5, 0.6) is 0 Å².